The highest BCUT2D eigenvalue weighted by molar-refractivity contribution is 7.15. The van der Waals surface area contributed by atoms with Gasteiger partial charge in [0, 0.05) is 0 Å². The number of aliphatic hydroxyl groups is 1. The van der Waals surface area contributed by atoms with Crippen LogP contribution in [-0.2, 0) is 9.59 Å². The number of aromatic nitrogens is 2. The third-order valence-corrected chi connectivity index (χ3v) is 6.06. The molecule has 0 aliphatic carbocycles. The van der Waals surface area contributed by atoms with Crippen LogP contribution in [0.1, 0.15) is 29.1 Å². The number of aryl methyl sites for hydroxylation is 1. The lowest BCUT2D eigenvalue weighted by atomic mass is 9.95. The smallest absolute Gasteiger partial charge is 0.296 e. The van der Waals surface area contributed by atoms with Gasteiger partial charge in [-0.25, -0.2) is 0 Å². The first-order valence-electron chi connectivity index (χ1n) is 10.6. The largest absolute Gasteiger partial charge is 0.503 e. The minimum Gasteiger partial charge on any atom is -0.503 e. The minimum atomic E-state index is -0.919. The molecule has 0 saturated carbocycles. The molecule has 4 rings (SSSR count). The average molecular weight is 478 g/mol. The predicted octanol–water partition coefficient (Wildman–Crippen LogP) is 4.44. The molecule has 34 heavy (non-hydrogen) atoms. The number of hydrogen-bond acceptors (Lipinski definition) is 8. The maximum atomic E-state index is 13.3. The number of carbonyl (C=O) groups excluding carboxylic acids is 2. The van der Waals surface area contributed by atoms with E-state index in [-0.39, 0.29) is 10.7 Å². The van der Waals surface area contributed by atoms with E-state index in [1.807, 2.05) is 37.3 Å². The molecule has 9 heteroatoms. The van der Waals surface area contributed by atoms with Gasteiger partial charge in [0.15, 0.2) is 23.0 Å². The van der Waals surface area contributed by atoms with Crippen molar-refractivity contribution in [1.29, 1.82) is 0 Å². The van der Waals surface area contributed by atoms with Gasteiger partial charge in [0.1, 0.15) is 5.01 Å². The predicted molar refractivity (Wildman–Crippen MR) is 129 cm³/mol. The second-order valence-corrected chi connectivity index (χ2v) is 8.56. The van der Waals surface area contributed by atoms with Crippen molar-refractivity contribution < 1.29 is 24.2 Å². The number of aliphatic hydroxyl groups excluding tert-OH is 1. The van der Waals surface area contributed by atoms with E-state index in [0.717, 1.165) is 5.56 Å². The summed E-state index contributed by atoms with van der Waals surface area (Å²) in [7, 11) is 1.51. The molecule has 1 N–H and O–H groups in total. The molecule has 1 unspecified atom stereocenters. The van der Waals surface area contributed by atoms with Gasteiger partial charge < -0.3 is 14.6 Å². The normalized spacial score (nSPS) is 15.9. The zero-order valence-corrected chi connectivity index (χ0v) is 19.7. The molecule has 0 saturated heterocycles. The minimum absolute atomic E-state index is 0.0451. The maximum Gasteiger partial charge on any atom is 0.296 e. The molecule has 0 radical (unpaired) electrons. The third kappa shape index (κ3) is 4.42. The fourth-order valence-electron chi connectivity index (χ4n) is 3.71. The van der Waals surface area contributed by atoms with Crippen LogP contribution in [0.25, 0.3) is 6.08 Å². The molecule has 2 aromatic carbocycles. The summed E-state index contributed by atoms with van der Waals surface area (Å²) in [5, 5.41) is 19.8. The fraction of sp³-hybridized carbons (Fsp3) is 0.200. The molecule has 174 valence electrons. The van der Waals surface area contributed by atoms with Crippen LogP contribution in [0.5, 0.6) is 11.5 Å². The Morgan fingerprint density at radius 3 is 2.59 bits per heavy atom. The molecule has 2 heterocycles. The number of ketones is 1. The summed E-state index contributed by atoms with van der Waals surface area (Å²) >= 11 is 1.19. The summed E-state index contributed by atoms with van der Waals surface area (Å²) in [6.45, 7) is 4.07. The molecule has 0 spiro atoms. The molecule has 0 fully saturated rings. The summed E-state index contributed by atoms with van der Waals surface area (Å²) < 4.78 is 11.1. The SMILES string of the molecule is CCOc1ccc(C2C(C(=O)/C=C/c3ccccc3)=C(O)C(=O)N2c2nnc(C)s2)cc1OC. The van der Waals surface area contributed by atoms with Crippen molar-refractivity contribution in [3.8, 4) is 11.5 Å². The van der Waals surface area contributed by atoms with Crippen molar-refractivity contribution in [2.24, 2.45) is 0 Å². The van der Waals surface area contributed by atoms with Crippen LogP contribution in [0.3, 0.4) is 0 Å². The fourth-order valence-corrected chi connectivity index (χ4v) is 4.42. The Labute approximate surface area is 200 Å². The molecule has 1 aliphatic heterocycles. The van der Waals surface area contributed by atoms with Crippen molar-refractivity contribution in [3.05, 3.63) is 82.1 Å². The molecule has 0 bridgehead atoms. The van der Waals surface area contributed by atoms with Gasteiger partial charge in [0.05, 0.1) is 25.3 Å². The summed E-state index contributed by atoms with van der Waals surface area (Å²) in [6.07, 6.45) is 2.99. The summed E-state index contributed by atoms with van der Waals surface area (Å²) in [5.74, 6) is -0.852. The van der Waals surface area contributed by atoms with Gasteiger partial charge in [0.2, 0.25) is 5.13 Å². The Balaban J connectivity index is 1.81. The molecule has 1 atom stereocenters. The van der Waals surface area contributed by atoms with Gasteiger partial charge in [-0.15, -0.1) is 10.2 Å². The number of ether oxygens (including phenoxy) is 2. The molecule has 8 nitrogen and oxygen atoms in total. The van der Waals surface area contributed by atoms with Crippen molar-refractivity contribution in [3.63, 3.8) is 0 Å². The lowest BCUT2D eigenvalue weighted by molar-refractivity contribution is -0.117. The van der Waals surface area contributed by atoms with Crippen LogP contribution < -0.4 is 14.4 Å². The van der Waals surface area contributed by atoms with Crippen molar-refractivity contribution in [2.75, 3.05) is 18.6 Å². The monoisotopic (exact) mass is 477 g/mol. The van der Waals surface area contributed by atoms with E-state index in [2.05, 4.69) is 10.2 Å². The van der Waals surface area contributed by atoms with E-state index in [1.165, 1.54) is 29.4 Å². The van der Waals surface area contributed by atoms with Crippen molar-refractivity contribution in [1.82, 2.24) is 10.2 Å². The highest BCUT2D eigenvalue weighted by Gasteiger charge is 2.45. The topological polar surface area (TPSA) is 102 Å². The Kier molecular flexibility index (Phi) is 6.74. The molecule has 1 aliphatic rings. The first-order valence-corrected chi connectivity index (χ1v) is 11.4. The molecule has 1 aromatic heterocycles. The van der Waals surface area contributed by atoms with Crippen LogP contribution in [0.4, 0.5) is 5.13 Å². The molecular weight excluding hydrogens is 454 g/mol. The van der Waals surface area contributed by atoms with E-state index in [1.54, 1.807) is 31.2 Å². The molecule has 3 aromatic rings. The zero-order chi connectivity index (χ0) is 24.2. The van der Waals surface area contributed by atoms with Gasteiger partial charge in [-0.1, -0.05) is 53.8 Å². The van der Waals surface area contributed by atoms with Crippen molar-refractivity contribution >= 4 is 34.2 Å². The van der Waals surface area contributed by atoms with Crippen LogP contribution in [0, 0.1) is 6.92 Å². The quantitative estimate of drug-likeness (QED) is 0.479. The van der Waals surface area contributed by atoms with Crippen LogP contribution in [0.15, 0.2) is 65.9 Å². The first-order chi connectivity index (χ1) is 16.4. The summed E-state index contributed by atoms with van der Waals surface area (Å²) in [6, 6.07) is 13.5. The standard InChI is InChI=1S/C25H23N3O5S/c1-4-33-19-13-11-17(14-20(19)32-3)22-21(18(29)12-10-16-8-6-5-7-9-16)23(30)24(31)28(22)25-27-26-15(2)34-25/h5-14,22,30H,4H2,1-3H3/b12-10+. The zero-order valence-electron chi connectivity index (χ0n) is 18.9. The number of benzene rings is 2. The van der Waals surface area contributed by atoms with Crippen LogP contribution in [-0.4, -0.2) is 40.7 Å². The summed E-state index contributed by atoms with van der Waals surface area (Å²) in [5.41, 5.74) is 1.33. The number of anilines is 1. The number of rotatable bonds is 8. The average Bonchev–Trinajstić information content (AvgIpc) is 3.39. The van der Waals surface area contributed by atoms with E-state index < -0.39 is 23.5 Å². The van der Waals surface area contributed by atoms with E-state index >= 15 is 0 Å². The number of carbonyl (C=O) groups is 2. The second kappa shape index (κ2) is 9.88. The van der Waals surface area contributed by atoms with Crippen LogP contribution in [0.2, 0.25) is 0 Å². The third-order valence-electron chi connectivity index (χ3n) is 5.23. The van der Waals surface area contributed by atoms with E-state index in [9.17, 15) is 14.7 Å². The van der Waals surface area contributed by atoms with Gasteiger partial charge in [-0.2, -0.15) is 0 Å². The highest BCUT2D eigenvalue weighted by Crippen LogP contribution is 2.44. The highest BCUT2D eigenvalue weighted by atomic mass is 32.1. The summed E-state index contributed by atoms with van der Waals surface area (Å²) in [4.78, 5) is 27.7. The number of amides is 1. The Morgan fingerprint density at radius 2 is 1.94 bits per heavy atom. The van der Waals surface area contributed by atoms with Gasteiger partial charge >= 0.3 is 0 Å². The Morgan fingerprint density at radius 1 is 1.18 bits per heavy atom. The van der Waals surface area contributed by atoms with E-state index in [0.29, 0.717) is 28.7 Å². The first kappa shape index (κ1) is 23.2. The number of hydrogen-bond donors (Lipinski definition) is 1. The van der Waals surface area contributed by atoms with Crippen molar-refractivity contribution in [2.45, 2.75) is 19.9 Å². The molecule has 1 amide bonds. The van der Waals surface area contributed by atoms with Gasteiger partial charge in [0.25, 0.3) is 5.91 Å². The number of allylic oxidation sites excluding steroid dienone is 1. The maximum absolute atomic E-state index is 13.3. The molecular formula is C25H23N3O5S. The van der Waals surface area contributed by atoms with Gasteiger partial charge in [-0.05, 0) is 43.2 Å². The lowest BCUT2D eigenvalue weighted by Gasteiger charge is -2.24. The lowest BCUT2D eigenvalue weighted by Crippen LogP contribution is -2.30. The Hall–Kier alpha value is -3.98. The van der Waals surface area contributed by atoms with Crippen LogP contribution >= 0.6 is 11.3 Å². The van der Waals surface area contributed by atoms with Gasteiger partial charge in [-0.3, -0.25) is 14.5 Å². The Bertz CT molecular complexity index is 1280. The van der Waals surface area contributed by atoms with E-state index in [4.69, 9.17) is 9.47 Å². The number of methoxy groups -OCH3 is 1. The number of nitrogens with zero attached hydrogens (tertiary/aromatic N) is 3. The second-order valence-electron chi connectivity index (χ2n) is 7.40.